The smallest absolute Gasteiger partial charge is 0.122 e. The Bertz CT molecular complexity index is 373. The minimum Gasteiger partial charge on any atom is -0.333 e. The maximum atomic E-state index is 5.93. The van der Waals surface area contributed by atoms with Crippen molar-refractivity contribution in [2.45, 2.75) is 44.8 Å². The molecule has 0 bridgehead atoms. The molecule has 94 valence electrons. The van der Waals surface area contributed by atoms with Gasteiger partial charge in [0, 0.05) is 31.5 Å². The highest BCUT2D eigenvalue weighted by molar-refractivity contribution is 4.98. The van der Waals surface area contributed by atoms with Gasteiger partial charge in [-0.25, -0.2) is 4.98 Å². The molecule has 1 saturated carbocycles. The topological polar surface area (TPSA) is 47.1 Å². The molecule has 0 saturated heterocycles. The van der Waals surface area contributed by atoms with Crippen LogP contribution in [-0.4, -0.2) is 33.6 Å². The highest BCUT2D eigenvalue weighted by Gasteiger charge is 2.31. The summed E-state index contributed by atoms with van der Waals surface area (Å²) in [6, 6.07) is 0.694. The summed E-state index contributed by atoms with van der Waals surface area (Å²) >= 11 is 0. The normalized spacial score (nSPS) is 30.2. The van der Waals surface area contributed by atoms with Crippen LogP contribution in [0.25, 0.3) is 0 Å². The largest absolute Gasteiger partial charge is 0.333 e. The van der Waals surface area contributed by atoms with Gasteiger partial charge in [0.15, 0.2) is 0 Å². The van der Waals surface area contributed by atoms with E-state index in [2.05, 4.69) is 20.6 Å². The van der Waals surface area contributed by atoms with Crippen molar-refractivity contribution in [3.05, 3.63) is 18.2 Å². The molecule has 0 spiro atoms. The Morgan fingerprint density at radius 2 is 2.18 bits per heavy atom. The molecule has 1 aromatic rings. The molecule has 1 aliphatic carbocycles. The highest BCUT2D eigenvalue weighted by Crippen LogP contribution is 2.29. The first-order chi connectivity index (χ1) is 8.38. The Balaban J connectivity index is 1.72. The van der Waals surface area contributed by atoms with Crippen molar-refractivity contribution in [3.63, 3.8) is 0 Å². The molecule has 2 N–H and O–H groups in total. The summed E-state index contributed by atoms with van der Waals surface area (Å²) in [7, 11) is 0. The van der Waals surface area contributed by atoms with Gasteiger partial charge in [-0.3, -0.25) is 4.90 Å². The van der Waals surface area contributed by atoms with Crippen LogP contribution < -0.4 is 5.73 Å². The molecular formula is C13H22N4. The second kappa shape index (κ2) is 4.78. The Hall–Kier alpha value is -0.870. The van der Waals surface area contributed by atoms with Crippen molar-refractivity contribution in [1.29, 1.82) is 0 Å². The van der Waals surface area contributed by atoms with Gasteiger partial charge in [-0.15, -0.1) is 0 Å². The van der Waals surface area contributed by atoms with E-state index in [4.69, 9.17) is 5.73 Å². The maximum absolute atomic E-state index is 5.93. The molecule has 0 radical (unpaired) electrons. The Morgan fingerprint density at radius 1 is 1.29 bits per heavy atom. The first-order valence-electron chi connectivity index (χ1n) is 6.82. The van der Waals surface area contributed by atoms with Gasteiger partial charge in [0.05, 0.1) is 6.54 Å². The molecule has 1 aliphatic heterocycles. The van der Waals surface area contributed by atoms with Crippen molar-refractivity contribution in [1.82, 2.24) is 14.5 Å². The Morgan fingerprint density at radius 3 is 3.06 bits per heavy atom. The van der Waals surface area contributed by atoms with Gasteiger partial charge < -0.3 is 10.3 Å². The van der Waals surface area contributed by atoms with E-state index in [-0.39, 0.29) is 0 Å². The van der Waals surface area contributed by atoms with Gasteiger partial charge in [0.25, 0.3) is 0 Å². The zero-order valence-electron chi connectivity index (χ0n) is 10.4. The van der Waals surface area contributed by atoms with Crippen molar-refractivity contribution in [2.24, 2.45) is 11.7 Å². The summed E-state index contributed by atoms with van der Waals surface area (Å²) in [6.45, 7) is 4.09. The highest BCUT2D eigenvalue weighted by atomic mass is 15.3. The third kappa shape index (κ3) is 2.11. The average Bonchev–Trinajstić information content (AvgIpc) is 2.85. The quantitative estimate of drug-likeness (QED) is 0.837. The number of fused-ring (bicyclic) bond motifs is 1. The predicted octanol–water partition coefficient (Wildman–Crippen LogP) is 1.22. The van der Waals surface area contributed by atoms with E-state index in [0.29, 0.717) is 12.0 Å². The van der Waals surface area contributed by atoms with E-state index in [9.17, 15) is 0 Å². The summed E-state index contributed by atoms with van der Waals surface area (Å²) in [5.41, 5.74) is 5.93. The van der Waals surface area contributed by atoms with E-state index < -0.39 is 0 Å². The minimum atomic E-state index is 0.694. The van der Waals surface area contributed by atoms with Crippen molar-refractivity contribution < 1.29 is 0 Å². The standard InChI is InChI=1S/C13H22N4/c14-9-11-3-1-2-4-12(11)17-8-7-16-6-5-15-13(16)10-17/h5-6,11-12H,1-4,7-10,14H2. The number of aromatic nitrogens is 2. The first-order valence-corrected chi connectivity index (χ1v) is 6.82. The van der Waals surface area contributed by atoms with Gasteiger partial charge >= 0.3 is 0 Å². The van der Waals surface area contributed by atoms with E-state index >= 15 is 0 Å². The van der Waals surface area contributed by atoms with Crippen LogP contribution in [0.15, 0.2) is 12.4 Å². The fraction of sp³-hybridized carbons (Fsp3) is 0.769. The Kier molecular flexibility index (Phi) is 3.16. The van der Waals surface area contributed by atoms with Crippen LogP contribution >= 0.6 is 0 Å². The van der Waals surface area contributed by atoms with Crippen LogP contribution in [0.1, 0.15) is 31.5 Å². The summed E-state index contributed by atoms with van der Waals surface area (Å²) in [6.07, 6.45) is 9.37. The molecule has 4 heteroatoms. The molecule has 2 heterocycles. The van der Waals surface area contributed by atoms with Crippen LogP contribution in [-0.2, 0) is 13.1 Å². The predicted molar refractivity (Wildman–Crippen MR) is 67.4 cm³/mol. The van der Waals surface area contributed by atoms with Crippen molar-refractivity contribution in [2.75, 3.05) is 13.1 Å². The molecular weight excluding hydrogens is 212 g/mol. The third-order valence-electron chi connectivity index (χ3n) is 4.42. The zero-order valence-corrected chi connectivity index (χ0v) is 10.4. The van der Waals surface area contributed by atoms with Gasteiger partial charge in [-0.1, -0.05) is 12.8 Å². The number of rotatable bonds is 2. The van der Waals surface area contributed by atoms with E-state index in [1.807, 2.05) is 6.20 Å². The van der Waals surface area contributed by atoms with Crippen LogP contribution in [0.2, 0.25) is 0 Å². The first kappa shape index (κ1) is 11.2. The summed E-state index contributed by atoms with van der Waals surface area (Å²) in [5.74, 6) is 1.92. The lowest BCUT2D eigenvalue weighted by Gasteiger charge is -2.41. The molecule has 0 aromatic carbocycles. The van der Waals surface area contributed by atoms with Crippen LogP contribution in [0.4, 0.5) is 0 Å². The molecule has 2 aliphatic rings. The zero-order chi connectivity index (χ0) is 11.7. The van der Waals surface area contributed by atoms with Gasteiger partial charge in [-0.05, 0) is 25.3 Å². The summed E-state index contributed by atoms with van der Waals surface area (Å²) in [5, 5.41) is 0. The monoisotopic (exact) mass is 234 g/mol. The number of nitrogens with two attached hydrogens (primary N) is 1. The molecule has 0 amide bonds. The molecule has 3 rings (SSSR count). The maximum Gasteiger partial charge on any atom is 0.122 e. The number of hydrogen-bond acceptors (Lipinski definition) is 3. The minimum absolute atomic E-state index is 0.694. The molecule has 2 atom stereocenters. The molecule has 2 unspecified atom stereocenters. The third-order valence-corrected chi connectivity index (χ3v) is 4.42. The number of nitrogens with zero attached hydrogens (tertiary/aromatic N) is 3. The number of imidazole rings is 1. The fourth-order valence-electron chi connectivity index (χ4n) is 3.42. The molecule has 17 heavy (non-hydrogen) atoms. The summed E-state index contributed by atoms with van der Waals surface area (Å²) < 4.78 is 2.27. The van der Waals surface area contributed by atoms with Crippen molar-refractivity contribution >= 4 is 0 Å². The van der Waals surface area contributed by atoms with E-state index in [1.165, 1.54) is 31.5 Å². The van der Waals surface area contributed by atoms with E-state index in [1.54, 1.807) is 0 Å². The van der Waals surface area contributed by atoms with Crippen molar-refractivity contribution in [3.8, 4) is 0 Å². The fourth-order valence-corrected chi connectivity index (χ4v) is 3.42. The molecule has 1 aromatic heterocycles. The van der Waals surface area contributed by atoms with Gasteiger partial charge in [-0.2, -0.15) is 0 Å². The number of hydrogen-bond donors (Lipinski definition) is 1. The second-order valence-corrected chi connectivity index (χ2v) is 5.35. The molecule has 4 nitrogen and oxygen atoms in total. The average molecular weight is 234 g/mol. The van der Waals surface area contributed by atoms with Crippen LogP contribution in [0.5, 0.6) is 0 Å². The van der Waals surface area contributed by atoms with Gasteiger partial charge in [0.2, 0.25) is 0 Å². The van der Waals surface area contributed by atoms with Crippen LogP contribution in [0, 0.1) is 5.92 Å². The van der Waals surface area contributed by atoms with E-state index in [0.717, 1.165) is 26.2 Å². The summed E-state index contributed by atoms with van der Waals surface area (Å²) in [4.78, 5) is 7.05. The lowest BCUT2D eigenvalue weighted by atomic mass is 9.83. The van der Waals surface area contributed by atoms with Gasteiger partial charge in [0.1, 0.15) is 5.82 Å². The van der Waals surface area contributed by atoms with Crippen LogP contribution in [0.3, 0.4) is 0 Å². The SMILES string of the molecule is NCC1CCCCC1N1CCn2ccnc2C1. The lowest BCUT2D eigenvalue weighted by molar-refractivity contribution is 0.0798. The second-order valence-electron chi connectivity index (χ2n) is 5.35. The lowest BCUT2D eigenvalue weighted by Crippen LogP contribution is -2.48. The Labute approximate surface area is 103 Å². The molecule has 1 fully saturated rings.